The van der Waals surface area contributed by atoms with Crippen molar-refractivity contribution < 1.29 is 18.0 Å². The second-order valence-corrected chi connectivity index (χ2v) is 7.21. The van der Waals surface area contributed by atoms with E-state index in [0.29, 0.717) is 10.2 Å². The third-order valence-corrected chi connectivity index (χ3v) is 4.82. The van der Waals surface area contributed by atoms with Crippen LogP contribution in [0.3, 0.4) is 0 Å². The van der Waals surface area contributed by atoms with Gasteiger partial charge in [-0.1, -0.05) is 0 Å². The highest BCUT2D eigenvalue weighted by Gasteiger charge is 2.37. The molecule has 0 aromatic carbocycles. The molecule has 0 radical (unpaired) electrons. The van der Waals surface area contributed by atoms with Crippen LogP contribution in [0.5, 0.6) is 0 Å². The summed E-state index contributed by atoms with van der Waals surface area (Å²) in [4.78, 5) is 18.4. The fraction of sp³-hybridized carbons (Fsp3) is 0.444. The van der Waals surface area contributed by atoms with E-state index in [9.17, 15) is 18.0 Å². The first kappa shape index (κ1) is 18.5. The van der Waals surface area contributed by atoms with Crippen molar-refractivity contribution in [1.29, 1.82) is 0 Å². The second kappa shape index (κ2) is 6.32. The molecule has 3 heterocycles. The Bertz CT molecular complexity index is 1060. The lowest BCUT2D eigenvalue weighted by molar-refractivity contribution is -0.142. The molecule has 1 saturated carbocycles. The van der Waals surface area contributed by atoms with Gasteiger partial charge in [-0.2, -0.15) is 23.4 Å². The van der Waals surface area contributed by atoms with E-state index >= 15 is 0 Å². The standard InChI is InChI=1S/C18H19F3N6O/c1-10-12(9-26(3)23-10)8-25(2)17(28)14-7-16-22-13(11-4-5-11)6-15(18(19,20)21)27(16)24-14/h6-7,9,11H,4-5,8H2,1-3H3. The van der Waals surface area contributed by atoms with Crippen LogP contribution in [0.4, 0.5) is 13.2 Å². The summed E-state index contributed by atoms with van der Waals surface area (Å²) in [7, 11) is 3.36. The van der Waals surface area contributed by atoms with Crippen LogP contribution in [0.1, 0.15) is 51.9 Å². The number of nitrogens with zero attached hydrogens (tertiary/aromatic N) is 6. The molecule has 0 spiro atoms. The number of rotatable bonds is 4. The molecule has 1 fully saturated rings. The van der Waals surface area contributed by atoms with E-state index in [1.807, 2.05) is 6.92 Å². The molecule has 4 rings (SSSR count). The Balaban J connectivity index is 1.68. The smallest absolute Gasteiger partial charge is 0.336 e. The van der Waals surface area contributed by atoms with E-state index in [-0.39, 0.29) is 23.8 Å². The number of halogens is 3. The minimum absolute atomic E-state index is 0.0334. The lowest BCUT2D eigenvalue weighted by atomic mass is 10.2. The van der Waals surface area contributed by atoms with E-state index in [1.54, 1.807) is 25.0 Å². The molecule has 0 bridgehead atoms. The van der Waals surface area contributed by atoms with Gasteiger partial charge in [-0.05, 0) is 25.8 Å². The van der Waals surface area contributed by atoms with Gasteiger partial charge in [0.05, 0.1) is 5.69 Å². The van der Waals surface area contributed by atoms with Crippen molar-refractivity contribution in [1.82, 2.24) is 29.3 Å². The van der Waals surface area contributed by atoms with E-state index in [1.165, 1.54) is 11.0 Å². The van der Waals surface area contributed by atoms with Gasteiger partial charge in [0.1, 0.15) is 5.69 Å². The molecule has 1 aliphatic rings. The van der Waals surface area contributed by atoms with E-state index in [4.69, 9.17) is 0 Å². The zero-order valence-corrected chi connectivity index (χ0v) is 15.7. The Kier molecular flexibility index (Phi) is 4.16. The maximum atomic E-state index is 13.5. The van der Waals surface area contributed by atoms with Gasteiger partial charge in [-0.25, -0.2) is 9.50 Å². The molecule has 7 nitrogen and oxygen atoms in total. The molecule has 0 atom stereocenters. The maximum absolute atomic E-state index is 13.5. The van der Waals surface area contributed by atoms with Crippen molar-refractivity contribution in [2.45, 2.75) is 38.4 Å². The van der Waals surface area contributed by atoms with Gasteiger partial charge in [0.25, 0.3) is 5.91 Å². The molecular weight excluding hydrogens is 373 g/mol. The predicted molar refractivity (Wildman–Crippen MR) is 93.7 cm³/mol. The number of alkyl halides is 3. The van der Waals surface area contributed by atoms with Gasteiger partial charge in [-0.3, -0.25) is 9.48 Å². The van der Waals surface area contributed by atoms with Crippen molar-refractivity contribution in [3.05, 3.63) is 46.7 Å². The van der Waals surface area contributed by atoms with Crippen LogP contribution in [-0.2, 0) is 19.8 Å². The van der Waals surface area contributed by atoms with Crippen LogP contribution in [0.2, 0.25) is 0 Å². The van der Waals surface area contributed by atoms with Crippen molar-refractivity contribution in [3.8, 4) is 0 Å². The Morgan fingerprint density at radius 3 is 2.57 bits per heavy atom. The summed E-state index contributed by atoms with van der Waals surface area (Å²) in [5.74, 6) is -0.425. The molecule has 28 heavy (non-hydrogen) atoms. The van der Waals surface area contributed by atoms with Crippen LogP contribution in [0.15, 0.2) is 18.3 Å². The molecule has 10 heteroatoms. The Morgan fingerprint density at radius 2 is 2.00 bits per heavy atom. The van der Waals surface area contributed by atoms with Crippen molar-refractivity contribution in [2.75, 3.05) is 7.05 Å². The highest BCUT2D eigenvalue weighted by Crippen LogP contribution is 2.41. The maximum Gasteiger partial charge on any atom is 0.433 e. The van der Waals surface area contributed by atoms with Gasteiger partial charge in [0.2, 0.25) is 0 Å². The van der Waals surface area contributed by atoms with Gasteiger partial charge in [0.15, 0.2) is 11.3 Å². The Labute approximate surface area is 158 Å². The molecule has 0 unspecified atom stereocenters. The highest BCUT2D eigenvalue weighted by molar-refractivity contribution is 5.93. The van der Waals surface area contributed by atoms with Crippen LogP contribution < -0.4 is 0 Å². The number of carbonyl (C=O) groups excluding carboxylic acids is 1. The monoisotopic (exact) mass is 392 g/mol. The summed E-state index contributed by atoms with van der Waals surface area (Å²) in [5, 5.41) is 8.14. The van der Waals surface area contributed by atoms with Crippen molar-refractivity contribution in [2.24, 2.45) is 7.05 Å². The van der Waals surface area contributed by atoms with Crippen LogP contribution in [-0.4, -0.2) is 42.2 Å². The topological polar surface area (TPSA) is 68.3 Å². The average Bonchev–Trinajstić information content (AvgIpc) is 3.29. The van der Waals surface area contributed by atoms with Gasteiger partial charge >= 0.3 is 6.18 Å². The number of carbonyl (C=O) groups is 1. The summed E-state index contributed by atoms with van der Waals surface area (Å²) in [6, 6.07) is 2.35. The second-order valence-electron chi connectivity index (χ2n) is 7.21. The first-order valence-corrected chi connectivity index (χ1v) is 8.86. The van der Waals surface area contributed by atoms with E-state index in [0.717, 1.165) is 30.2 Å². The summed E-state index contributed by atoms with van der Waals surface area (Å²) >= 11 is 0. The number of hydrogen-bond acceptors (Lipinski definition) is 4. The van der Waals surface area contributed by atoms with E-state index < -0.39 is 17.8 Å². The summed E-state index contributed by atoms with van der Waals surface area (Å²) in [5.41, 5.74) is 1.09. The Morgan fingerprint density at radius 1 is 1.29 bits per heavy atom. The van der Waals surface area contributed by atoms with Gasteiger partial charge < -0.3 is 4.90 Å². The van der Waals surface area contributed by atoms with Gasteiger partial charge in [0, 0.05) is 50.1 Å². The number of aryl methyl sites for hydroxylation is 2. The zero-order chi connectivity index (χ0) is 20.2. The summed E-state index contributed by atoms with van der Waals surface area (Å²) in [6.07, 6.45) is -1.13. The number of aromatic nitrogens is 5. The quantitative estimate of drug-likeness (QED) is 0.685. The number of hydrogen-bond donors (Lipinski definition) is 0. The van der Waals surface area contributed by atoms with Crippen molar-refractivity contribution in [3.63, 3.8) is 0 Å². The molecule has 148 valence electrons. The molecule has 1 aliphatic carbocycles. The van der Waals surface area contributed by atoms with Crippen LogP contribution in [0, 0.1) is 6.92 Å². The lowest BCUT2D eigenvalue weighted by Gasteiger charge is -2.15. The molecule has 0 saturated heterocycles. The zero-order valence-electron chi connectivity index (χ0n) is 15.7. The van der Waals surface area contributed by atoms with E-state index in [2.05, 4.69) is 15.2 Å². The largest absolute Gasteiger partial charge is 0.433 e. The normalized spacial score (nSPS) is 14.6. The summed E-state index contributed by atoms with van der Waals surface area (Å²) in [6.45, 7) is 2.11. The molecule has 3 aromatic rings. The third-order valence-electron chi connectivity index (χ3n) is 4.82. The number of fused-ring (bicyclic) bond motifs is 1. The van der Waals surface area contributed by atoms with Crippen LogP contribution >= 0.6 is 0 Å². The Hall–Kier alpha value is -2.91. The minimum atomic E-state index is -4.59. The fourth-order valence-corrected chi connectivity index (χ4v) is 3.22. The third kappa shape index (κ3) is 3.34. The number of amides is 1. The highest BCUT2D eigenvalue weighted by atomic mass is 19.4. The van der Waals surface area contributed by atoms with Crippen molar-refractivity contribution >= 4 is 11.6 Å². The lowest BCUT2D eigenvalue weighted by Crippen LogP contribution is -2.27. The van der Waals surface area contributed by atoms with Gasteiger partial charge in [-0.15, -0.1) is 0 Å². The molecular formula is C18H19F3N6O. The fourth-order valence-electron chi connectivity index (χ4n) is 3.22. The molecule has 0 N–H and O–H groups in total. The molecule has 1 amide bonds. The predicted octanol–water partition coefficient (Wildman–Crippen LogP) is 2.94. The average molecular weight is 392 g/mol. The SMILES string of the molecule is Cc1nn(C)cc1CN(C)C(=O)c1cc2nc(C3CC3)cc(C(F)(F)F)n2n1. The van der Waals surface area contributed by atoms with Crippen LogP contribution in [0.25, 0.3) is 5.65 Å². The molecule has 3 aromatic heterocycles. The minimum Gasteiger partial charge on any atom is -0.336 e. The summed E-state index contributed by atoms with van der Waals surface area (Å²) < 4.78 is 42.8. The molecule has 0 aliphatic heterocycles. The first-order chi connectivity index (χ1) is 13.1. The first-order valence-electron chi connectivity index (χ1n) is 8.86.